The number of benzene rings is 3. The third-order valence-electron chi connectivity index (χ3n) is 7.28. The Hall–Kier alpha value is -4.10. The highest BCUT2D eigenvalue weighted by Gasteiger charge is 2.56. The van der Waals surface area contributed by atoms with E-state index in [2.05, 4.69) is 10.3 Å². The summed E-state index contributed by atoms with van der Waals surface area (Å²) in [6, 6.07) is 17.7. The van der Waals surface area contributed by atoms with Crippen LogP contribution in [0.3, 0.4) is 0 Å². The van der Waals surface area contributed by atoms with Gasteiger partial charge in [-0.2, -0.15) is 0 Å². The maximum Gasteiger partial charge on any atom is 0.338 e. The Morgan fingerprint density at radius 1 is 0.978 bits per heavy atom. The Kier molecular flexibility index (Phi) is 8.74. The molecule has 0 aliphatic carbocycles. The minimum Gasteiger partial charge on any atom is -0.483 e. The number of fused-ring (bicyclic) bond motifs is 2. The summed E-state index contributed by atoms with van der Waals surface area (Å²) in [4.78, 5) is 69.5. The Morgan fingerprint density at radius 2 is 1.73 bits per heavy atom. The van der Waals surface area contributed by atoms with Crippen molar-refractivity contribution in [2.45, 2.75) is 23.1 Å². The van der Waals surface area contributed by atoms with Crippen LogP contribution in [0, 0.1) is 5.92 Å². The van der Waals surface area contributed by atoms with Gasteiger partial charge in [-0.3, -0.25) is 19.2 Å². The first-order valence-corrected chi connectivity index (χ1v) is 16.1. The highest BCUT2D eigenvalue weighted by atomic mass is 35.5. The van der Waals surface area contributed by atoms with E-state index < -0.39 is 40.8 Å². The minimum atomic E-state index is -0.874. The van der Waals surface area contributed by atoms with Gasteiger partial charge in [0.2, 0.25) is 11.8 Å². The Morgan fingerprint density at radius 3 is 2.47 bits per heavy atom. The SMILES string of the molecule is CCOC(=O)c1ccc(N2C(=O)[C@H]3[C@H](c4ccccc4OCC(=O)Nc4ccc(Cl)c(Cl)c4)c4sc(=O)[nH]c4S[C@H]3C2=O)cc1. The molecular weight excluding hydrogens is 661 g/mol. The van der Waals surface area contributed by atoms with Crippen LogP contribution in [-0.4, -0.2) is 47.1 Å². The van der Waals surface area contributed by atoms with Gasteiger partial charge in [-0.1, -0.05) is 64.5 Å². The number of amides is 3. The maximum atomic E-state index is 14.1. The Bertz CT molecular complexity index is 1890. The van der Waals surface area contributed by atoms with E-state index in [9.17, 15) is 24.0 Å². The normalized spacial score (nSPS) is 18.7. The van der Waals surface area contributed by atoms with Gasteiger partial charge in [0.1, 0.15) is 11.0 Å². The van der Waals surface area contributed by atoms with Gasteiger partial charge in [-0.15, -0.1) is 0 Å². The number of H-pyrrole nitrogens is 1. The van der Waals surface area contributed by atoms with E-state index >= 15 is 0 Å². The van der Waals surface area contributed by atoms with Crippen molar-refractivity contribution < 1.29 is 28.7 Å². The summed E-state index contributed by atoms with van der Waals surface area (Å²) in [6.07, 6.45) is 0. The van der Waals surface area contributed by atoms with Gasteiger partial charge in [-0.25, -0.2) is 9.69 Å². The molecule has 0 saturated carbocycles. The largest absolute Gasteiger partial charge is 0.483 e. The summed E-state index contributed by atoms with van der Waals surface area (Å²) in [5, 5.41) is 3.00. The zero-order valence-electron chi connectivity index (χ0n) is 23.4. The zero-order valence-corrected chi connectivity index (χ0v) is 26.5. The highest BCUT2D eigenvalue weighted by Crippen LogP contribution is 2.54. The summed E-state index contributed by atoms with van der Waals surface area (Å²) in [5.74, 6) is -3.14. The summed E-state index contributed by atoms with van der Waals surface area (Å²) < 4.78 is 11.0. The predicted octanol–water partition coefficient (Wildman–Crippen LogP) is 5.73. The molecule has 2 N–H and O–H groups in total. The Balaban J connectivity index is 1.30. The predicted molar refractivity (Wildman–Crippen MR) is 172 cm³/mol. The van der Waals surface area contributed by atoms with Crippen molar-refractivity contribution in [2.24, 2.45) is 5.92 Å². The summed E-state index contributed by atoms with van der Waals surface area (Å²) in [7, 11) is 0. The first-order valence-electron chi connectivity index (χ1n) is 13.7. The lowest BCUT2D eigenvalue weighted by molar-refractivity contribution is -0.122. The molecule has 0 unspecified atom stereocenters. The van der Waals surface area contributed by atoms with E-state index in [4.69, 9.17) is 32.7 Å². The summed E-state index contributed by atoms with van der Waals surface area (Å²) in [6.45, 7) is 1.55. The number of carbonyl (C=O) groups excluding carboxylic acids is 4. The van der Waals surface area contributed by atoms with E-state index in [1.54, 1.807) is 43.3 Å². The third kappa shape index (κ3) is 5.98. The molecule has 45 heavy (non-hydrogen) atoms. The first kappa shape index (κ1) is 30.9. The van der Waals surface area contributed by atoms with Crippen molar-refractivity contribution >= 4 is 81.4 Å². The standard InChI is InChI=1S/C31H23Cl2N3O7S2/c1-2-42-30(40)15-7-10-17(11-8-15)36-28(38)24-23(25-27(35-31(41)45-25)44-26(24)29(36)39)18-5-3-4-6-21(18)43-14-22(37)34-16-9-12-19(32)20(33)13-16/h3-13,23-24,26H,2,14H2,1H3,(H,34,37)(H,35,41)/t23-,24-,26+/m0/s1. The molecule has 1 saturated heterocycles. The number of imide groups is 1. The molecule has 10 nitrogen and oxygen atoms in total. The van der Waals surface area contributed by atoms with Crippen molar-refractivity contribution in [1.29, 1.82) is 0 Å². The lowest BCUT2D eigenvalue weighted by Gasteiger charge is -2.30. The number of aromatic nitrogens is 1. The summed E-state index contributed by atoms with van der Waals surface area (Å²) >= 11 is 14.1. The van der Waals surface area contributed by atoms with E-state index in [-0.39, 0.29) is 23.1 Å². The first-order chi connectivity index (χ1) is 21.7. The number of thiazole rings is 1. The molecule has 14 heteroatoms. The number of para-hydroxylation sites is 1. The number of hydrogen-bond acceptors (Lipinski definition) is 9. The van der Waals surface area contributed by atoms with Gasteiger partial charge < -0.3 is 19.8 Å². The lowest BCUT2D eigenvalue weighted by Crippen LogP contribution is -2.32. The van der Waals surface area contributed by atoms with E-state index in [0.717, 1.165) is 28.0 Å². The van der Waals surface area contributed by atoms with Crippen LogP contribution in [0.5, 0.6) is 5.75 Å². The molecule has 0 bridgehead atoms. The van der Waals surface area contributed by atoms with Crippen molar-refractivity contribution in [2.75, 3.05) is 23.4 Å². The molecule has 6 rings (SSSR count). The fourth-order valence-electron chi connectivity index (χ4n) is 5.35. The lowest BCUT2D eigenvalue weighted by atomic mass is 9.82. The molecule has 0 radical (unpaired) electrons. The number of nitrogens with zero attached hydrogens (tertiary/aromatic N) is 1. The van der Waals surface area contributed by atoms with Gasteiger partial charge in [0.15, 0.2) is 6.61 Å². The van der Waals surface area contributed by atoms with Crippen molar-refractivity contribution in [3.05, 3.63) is 102 Å². The van der Waals surface area contributed by atoms with Gasteiger partial charge in [-0.05, 0) is 55.5 Å². The highest BCUT2D eigenvalue weighted by molar-refractivity contribution is 8.00. The molecule has 1 aromatic heterocycles. The van der Waals surface area contributed by atoms with Crippen LogP contribution in [0.1, 0.15) is 33.6 Å². The number of anilines is 2. The van der Waals surface area contributed by atoms with Crippen LogP contribution in [-0.2, 0) is 19.1 Å². The van der Waals surface area contributed by atoms with Crippen molar-refractivity contribution in [3.8, 4) is 5.75 Å². The number of hydrogen-bond donors (Lipinski definition) is 2. The van der Waals surface area contributed by atoms with Gasteiger partial charge in [0.25, 0.3) is 5.91 Å². The molecule has 2 aliphatic heterocycles. The molecule has 0 spiro atoms. The number of thioether (sulfide) groups is 1. The van der Waals surface area contributed by atoms with E-state index in [1.807, 2.05) is 0 Å². The smallest absolute Gasteiger partial charge is 0.338 e. The molecule has 1 fully saturated rings. The van der Waals surface area contributed by atoms with Gasteiger partial charge in [0, 0.05) is 22.0 Å². The average molecular weight is 685 g/mol. The second kappa shape index (κ2) is 12.7. The Labute approximate surface area is 274 Å². The monoisotopic (exact) mass is 683 g/mol. The van der Waals surface area contributed by atoms with Crippen molar-refractivity contribution in [3.63, 3.8) is 0 Å². The molecule has 3 heterocycles. The molecule has 3 aromatic carbocycles. The van der Waals surface area contributed by atoms with Crippen LogP contribution in [0.25, 0.3) is 0 Å². The zero-order chi connectivity index (χ0) is 31.8. The average Bonchev–Trinajstić information content (AvgIpc) is 3.52. The van der Waals surface area contributed by atoms with Crippen LogP contribution >= 0.6 is 46.3 Å². The maximum absolute atomic E-state index is 14.1. The van der Waals surface area contributed by atoms with E-state index in [1.165, 1.54) is 30.3 Å². The number of rotatable bonds is 8. The molecular formula is C31H23Cl2N3O7S2. The van der Waals surface area contributed by atoms with Gasteiger partial charge in [0.05, 0.1) is 38.8 Å². The fraction of sp³-hybridized carbons (Fsp3) is 0.194. The number of halogens is 2. The number of nitrogens with one attached hydrogen (secondary N) is 2. The second-order valence-electron chi connectivity index (χ2n) is 10.0. The topological polar surface area (TPSA) is 135 Å². The fourth-order valence-corrected chi connectivity index (χ4v) is 8.15. The number of aromatic amines is 1. The third-order valence-corrected chi connectivity index (χ3v) is 10.4. The van der Waals surface area contributed by atoms with Crippen LogP contribution < -0.4 is 19.8 Å². The summed E-state index contributed by atoms with van der Waals surface area (Å²) in [5.41, 5.74) is 1.59. The second-order valence-corrected chi connectivity index (χ2v) is 13.0. The molecule has 230 valence electrons. The van der Waals surface area contributed by atoms with Crippen molar-refractivity contribution in [1.82, 2.24) is 4.98 Å². The van der Waals surface area contributed by atoms with Gasteiger partial charge >= 0.3 is 10.8 Å². The minimum absolute atomic E-state index is 0.213. The molecule has 3 amide bonds. The number of ether oxygens (including phenoxy) is 2. The van der Waals surface area contributed by atoms with Crippen LogP contribution in [0.15, 0.2) is 76.6 Å². The van der Waals surface area contributed by atoms with E-state index in [0.29, 0.717) is 43.2 Å². The molecule has 3 atom stereocenters. The molecule has 2 aliphatic rings. The molecule has 4 aromatic rings. The number of carbonyl (C=O) groups is 4. The van der Waals surface area contributed by atoms with Crippen LogP contribution in [0.2, 0.25) is 10.0 Å². The number of esters is 1. The van der Waals surface area contributed by atoms with Crippen LogP contribution in [0.4, 0.5) is 11.4 Å². The quantitative estimate of drug-likeness (QED) is 0.178.